The van der Waals surface area contributed by atoms with Crippen LogP contribution in [0.3, 0.4) is 0 Å². The van der Waals surface area contributed by atoms with E-state index in [1.807, 2.05) is 0 Å². The Kier molecular flexibility index (Phi) is 9.61. The molecule has 6 rings (SSSR count). The largest absolute Gasteiger partial charge is 0.507 e. The summed E-state index contributed by atoms with van der Waals surface area (Å²) < 4.78 is 28.7. The molecule has 2 heterocycles. The summed E-state index contributed by atoms with van der Waals surface area (Å²) in [6.07, 6.45) is -9.91. The van der Waals surface area contributed by atoms with Crippen molar-refractivity contribution in [1.82, 2.24) is 0 Å². The first-order valence-electron chi connectivity index (χ1n) is 15.4. The first-order chi connectivity index (χ1) is 25.6. The Morgan fingerprint density at radius 3 is 1.74 bits per heavy atom. The molecule has 0 unspecified atom stereocenters. The Morgan fingerprint density at radius 2 is 1.20 bits per heavy atom. The van der Waals surface area contributed by atoms with Crippen LogP contribution in [0, 0.1) is 0 Å². The van der Waals surface area contributed by atoms with Crippen molar-refractivity contribution in [2.75, 3.05) is 6.61 Å². The molecule has 0 spiro atoms. The molecular formula is C35H28O19. The van der Waals surface area contributed by atoms with E-state index in [-0.39, 0.29) is 22.6 Å². The van der Waals surface area contributed by atoms with Crippen LogP contribution in [0.4, 0.5) is 0 Å². The number of phenols is 9. The standard InChI is InChI=1S/C35H28O19/c36-11-26-29(47)31(53-33(48)13-4-20(41)27(45)21(42)5-13)32(54-34(49)14-6-22(43)28(46)23(44)7-14)35(52-26)51-25-10-16-18(39)8-15(37)9-24(16)50-30(25)12-1-2-17(38)19(40)3-12/h1-10,26,29,31-32,35-36,38-47H,11H2/t26-,29-,31+,32-,35-/m1/s1. The molecule has 3 aliphatic rings. The highest BCUT2D eigenvalue weighted by molar-refractivity contribution is 5.92. The summed E-state index contributed by atoms with van der Waals surface area (Å²) in [6.45, 7) is -0.982. The fourth-order valence-corrected chi connectivity index (χ4v) is 5.48. The van der Waals surface area contributed by atoms with Crippen molar-refractivity contribution >= 4 is 11.9 Å². The van der Waals surface area contributed by atoms with E-state index in [1.165, 1.54) is 6.07 Å². The maximum Gasteiger partial charge on any atom is 0.339 e. The topological polar surface area (TPSA) is 324 Å². The third-order valence-electron chi connectivity index (χ3n) is 8.18. The third kappa shape index (κ3) is 6.91. The fourth-order valence-electron chi connectivity index (χ4n) is 5.48. The average molecular weight is 753 g/mol. The van der Waals surface area contributed by atoms with Crippen LogP contribution in [-0.2, 0) is 14.2 Å². The van der Waals surface area contributed by atoms with Gasteiger partial charge >= 0.3 is 11.9 Å². The molecule has 1 fully saturated rings. The van der Waals surface area contributed by atoms with E-state index in [2.05, 4.69) is 0 Å². The number of fused-ring (bicyclic) bond motifs is 1. The molecule has 11 N–H and O–H groups in total. The summed E-state index contributed by atoms with van der Waals surface area (Å²) in [5.74, 6) is -11.2. The summed E-state index contributed by atoms with van der Waals surface area (Å²) in [7, 11) is 0. The number of aliphatic hydroxyl groups excluding tert-OH is 2. The number of ether oxygens (including phenoxy) is 4. The SMILES string of the molecule is O=C(O[C@H]1[C@H](Oc2cc3c(O)cc(=O)cc-3oc2-c2ccc(O)c(O)c2)O[C@H](CO)[C@@H](O)[C@@H]1OC(=O)c1cc(O)c(O)c(O)c1)c1cc(O)c(O)c(O)c1. The van der Waals surface area contributed by atoms with Crippen LogP contribution in [-0.4, -0.2) is 105 Å². The van der Waals surface area contributed by atoms with Crippen LogP contribution >= 0.6 is 0 Å². The predicted octanol–water partition coefficient (Wildman–Crippen LogP) is 1.67. The molecule has 1 saturated heterocycles. The quantitative estimate of drug-likeness (QED) is 0.0793. The normalized spacial score (nSPS) is 19.6. The Hall–Kier alpha value is -7.09. The number of esters is 2. The number of phenolic OH excluding ortho intramolecular Hbond substituents is 9. The molecule has 3 aromatic rings. The summed E-state index contributed by atoms with van der Waals surface area (Å²) in [5, 5.41) is 112. The van der Waals surface area contributed by atoms with Gasteiger partial charge in [0.15, 0.2) is 69.0 Å². The van der Waals surface area contributed by atoms with Gasteiger partial charge in [-0.2, -0.15) is 0 Å². The van der Waals surface area contributed by atoms with Crippen molar-refractivity contribution in [3.8, 4) is 80.1 Å². The van der Waals surface area contributed by atoms with Crippen molar-refractivity contribution in [3.05, 3.63) is 82.0 Å². The van der Waals surface area contributed by atoms with Gasteiger partial charge in [0, 0.05) is 17.7 Å². The van der Waals surface area contributed by atoms with E-state index in [4.69, 9.17) is 23.4 Å². The van der Waals surface area contributed by atoms with E-state index >= 15 is 0 Å². The van der Waals surface area contributed by atoms with E-state index in [9.17, 15) is 70.6 Å². The number of carbonyl (C=O) groups is 2. The highest BCUT2D eigenvalue weighted by atomic mass is 16.7. The number of aromatic hydroxyl groups is 9. The number of hydrogen-bond acceptors (Lipinski definition) is 19. The minimum atomic E-state index is -2.09. The zero-order valence-corrected chi connectivity index (χ0v) is 27.1. The Labute approximate surface area is 300 Å². The van der Waals surface area contributed by atoms with Gasteiger partial charge in [0.2, 0.25) is 12.4 Å². The number of hydrogen-bond donors (Lipinski definition) is 11. The lowest BCUT2D eigenvalue weighted by molar-refractivity contribution is -0.276. The van der Waals surface area contributed by atoms with Crippen LogP contribution in [0.5, 0.6) is 57.5 Å². The van der Waals surface area contributed by atoms with Gasteiger partial charge in [-0.15, -0.1) is 0 Å². The lowest BCUT2D eigenvalue weighted by Crippen LogP contribution is -2.62. The van der Waals surface area contributed by atoms with Crippen molar-refractivity contribution in [1.29, 1.82) is 0 Å². The second kappa shape index (κ2) is 14.1. The summed E-state index contributed by atoms with van der Waals surface area (Å²) in [6, 6.07) is 9.13. The van der Waals surface area contributed by atoms with Crippen LogP contribution in [0.2, 0.25) is 0 Å². The molecule has 54 heavy (non-hydrogen) atoms. The minimum Gasteiger partial charge on any atom is -0.507 e. The predicted molar refractivity (Wildman–Crippen MR) is 176 cm³/mol. The molecule has 0 aromatic heterocycles. The van der Waals surface area contributed by atoms with Crippen molar-refractivity contribution in [3.63, 3.8) is 0 Å². The molecular weight excluding hydrogens is 724 g/mol. The van der Waals surface area contributed by atoms with Crippen LogP contribution in [0.15, 0.2) is 69.9 Å². The second-order valence-electron chi connectivity index (χ2n) is 11.8. The lowest BCUT2D eigenvalue weighted by Gasteiger charge is -2.42. The average Bonchev–Trinajstić information content (AvgIpc) is 3.12. The van der Waals surface area contributed by atoms with Crippen molar-refractivity contribution in [2.45, 2.75) is 30.7 Å². The maximum atomic E-state index is 13.5. The molecule has 19 nitrogen and oxygen atoms in total. The second-order valence-corrected chi connectivity index (χ2v) is 11.8. The molecule has 19 heteroatoms. The van der Waals surface area contributed by atoms with Crippen LogP contribution in [0.1, 0.15) is 20.7 Å². The summed E-state index contributed by atoms with van der Waals surface area (Å²) in [5.41, 5.74) is -1.98. The summed E-state index contributed by atoms with van der Waals surface area (Å²) >= 11 is 0. The van der Waals surface area contributed by atoms with Gasteiger partial charge in [0.05, 0.1) is 23.3 Å². The zero-order valence-electron chi connectivity index (χ0n) is 27.1. The first kappa shape index (κ1) is 36.7. The zero-order chi connectivity index (χ0) is 39.2. The minimum absolute atomic E-state index is 0.00828. The van der Waals surface area contributed by atoms with Gasteiger partial charge in [-0.3, -0.25) is 4.79 Å². The maximum absolute atomic E-state index is 13.5. The Morgan fingerprint density at radius 1 is 0.648 bits per heavy atom. The number of rotatable bonds is 8. The molecule has 0 amide bonds. The van der Waals surface area contributed by atoms with Gasteiger partial charge in [-0.05, 0) is 48.5 Å². The summed E-state index contributed by atoms with van der Waals surface area (Å²) in [4.78, 5) is 39.0. The van der Waals surface area contributed by atoms with Crippen LogP contribution < -0.4 is 10.2 Å². The smallest absolute Gasteiger partial charge is 0.339 e. The fraction of sp³-hybridized carbons (Fsp3) is 0.171. The number of carbonyl (C=O) groups excluding carboxylic acids is 2. The highest BCUT2D eigenvalue weighted by Crippen LogP contribution is 2.44. The number of aliphatic hydroxyl groups is 2. The van der Waals surface area contributed by atoms with Gasteiger partial charge in [0.1, 0.15) is 23.7 Å². The molecule has 0 radical (unpaired) electrons. The van der Waals surface area contributed by atoms with Crippen molar-refractivity contribution in [2.24, 2.45) is 0 Å². The Balaban J connectivity index is 1.48. The third-order valence-corrected chi connectivity index (χ3v) is 8.18. The molecule has 5 atom stereocenters. The van der Waals surface area contributed by atoms with Crippen molar-refractivity contribution < 1.29 is 89.1 Å². The molecule has 3 aromatic carbocycles. The van der Waals surface area contributed by atoms with Gasteiger partial charge in [-0.1, -0.05) is 0 Å². The van der Waals surface area contributed by atoms with Gasteiger partial charge < -0.3 is 79.5 Å². The van der Waals surface area contributed by atoms with Gasteiger partial charge in [0.25, 0.3) is 0 Å². The lowest BCUT2D eigenvalue weighted by atomic mass is 9.98. The van der Waals surface area contributed by atoms with E-state index in [1.54, 1.807) is 0 Å². The Bertz CT molecular complexity index is 2250. The molecule has 2 aliphatic heterocycles. The highest BCUT2D eigenvalue weighted by Gasteiger charge is 2.51. The monoisotopic (exact) mass is 752 g/mol. The molecule has 0 saturated carbocycles. The molecule has 282 valence electrons. The van der Waals surface area contributed by atoms with E-state index < -0.39 is 123 Å². The molecule has 1 aliphatic carbocycles. The van der Waals surface area contributed by atoms with Gasteiger partial charge in [-0.25, -0.2) is 9.59 Å². The van der Waals surface area contributed by atoms with E-state index in [0.29, 0.717) is 24.3 Å². The van der Waals surface area contributed by atoms with Crippen LogP contribution in [0.25, 0.3) is 22.6 Å². The first-order valence-corrected chi connectivity index (χ1v) is 15.4. The molecule has 0 bridgehead atoms. The van der Waals surface area contributed by atoms with E-state index in [0.717, 1.165) is 30.3 Å². The number of benzene rings is 4.